The van der Waals surface area contributed by atoms with Crippen molar-refractivity contribution < 1.29 is 14.3 Å². The van der Waals surface area contributed by atoms with Gasteiger partial charge in [0, 0.05) is 17.9 Å². The van der Waals surface area contributed by atoms with Gasteiger partial charge in [-0.25, -0.2) is 4.79 Å². The van der Waals surface area contributed by atoms with Crippen LogP contribution in [0.15, 0.2) is 16.6 Å². The molecule has 21 heavy (non-hydrogen) atoms. The van der Waals surface area contributed by atoms with Crippen LogP contribution < -0.4 is 10.2 Å². The van der Waals surface area contributed by atoms with E-state index < -0.39 is 6.09 Å². The van der Waals surface area contributed by atoms with Gasteiger partial charge in [-0.2, -0.15) is 0 Å². The number of rotatable bonds is 4. The zero-order valence-corrected chi connectivity index (χ0v) is 13.8. The number of hydrogen-bond donors (Lipinski definition) is 1. The number of amides is 2. The Morgan fingerprint density at radius 1 is 1.43 bits per heavy atom. The molecule has 0 aliphatic carbocycles. The Morgan fingerprint density at radius 3 is 2.86 bits per heavy atom. The van der Waals surface area contributed by atoms with Crippen LogP contribution in [0, 0.1) is 0 Å². The Labute approximate surface area is 132 Å². The van der Waals surface area contributed by atoms with Crippen molar-refractivity contribution >= 4 is 39.3 Å². The van der Waals surface area contributed by atoms with E-state index in [0.717, 1.165) is 35.0 Å². The quantitative estimate of drug-likeness (QED) is 0.838. The van der Waals surface area contributed by atoms with E-state index in [9.17, 15) is 9.59 Å². The summed E-state index contributed by atoms with van der Waals surface area (Å²) in [4.78, 5) is 25.2. The molecule has 1 N–H and O–H groups in total. The maximum absolute atomic E-state index is 11.8. The summed E-state index contributed by atoms with van der Waals surface area (Å²) < 4.78 is 5.98. The molecule has 1 aliphatic heterocycles. The van der Waals surface area contributed by atoms with Crippen molar-refractivity contribution in [1.29, 1.82) is 0 Å². The molecule has 0 fully saturated rings. The first kappa shape index (κ1) is 15.8. The smallest absolute Gasteiger partial charge is 0.411 e. The molecule has 0 spiro atoms. The summed E-state index contributed by atoms with van der Waals surface area (Å²) in [5.74, 6) is -0.0292. The number of anilines is 2. The minimum Gasteiger partial charge on any atom is -0.449 e. The van der Waals surface area contributed by atoms with Crippen molar-refractivity contribution in [3.8, 4) is 0 Å². The summed E-state index contributed by atoms with van der Waals surface area (Å²) in [7, 11) is 0. The molecule has 0 radical (unpaired) electrons. The van der Waals surface area contributed by atoms with Gasteiger partial charge in [0.2, 0.25) is 5.91 Å². The third-order valence-corrected chi connectivity index (χ3v) is 3.83. The maximum atomic E-state index is 11.8. The molecule has 0 aromatic heterocycles. The number of nitrogens with zero attached hydrogens (tertiary/aromatic N) is 1. The fraction of sp³-hybridized carbons (Fsp3) is 0.467. The molecule has 0 bridgehead atoms. The third-order valence-electron chi connectivity index (χ3n) is 3.38. The fourth-order valence-electron chi connectivity index (χ4n) is 2.37. The highest BCUT2D eigenvalue weighted by molar-refractivity contribution is 9.10. The number of fused-ring (bicyclic) bond motifs is 1. The average Bonchev–Trinajstić information content (AvgIpc) is 2.82. The first-order valence-corrected chi connectivity index (χ1v) is 7.86. The molecule has 1 heterocycles. The zero-order valence-electron chi connectivity index (χ0n) is 12.2. The van der Waals surface area contributed by atoms with Crippen molar-refractivity contribution in [3.05, 3.63) is 22.2 Å². The van der Waals surface area contributed by atoms with E-state index in [1.54, 1.807) is 11.0 Å². The lowest BCUT2D eigenvalue weighted by Crippen LogP contribution is -2.27. The van der Waals surface area contributed by atoms with Crippen LogP contribution in [-0.2, 0) is 16.0 Å². The van der Waals surface area contributed by atoms with Crippen molar-refractivity contribution in [2.75, 3.05) is 23.4 Å². The van der Waals surface area contributed by atoms with Gasteiger partial charge in [-0.1, -0.05) is 29.3 Å². The maximum Gasteiger partial charge on any atom is 0.411 e. The minimum absolute atomic E-state index is 0.0292. The number of ether oxygens (including phenoxy) is 1. The standard InChI is InChI=1S/C15H19BrN2O3/c1-3-4-7-21-15(20)17-13-9-12(16)8-11-5-6-18(10(2)19)14(11)13/h8-9H,3-7H2,1-2H3,(H,17,20). The molecule has 1 aromatic rings. The Bertz CT molecular complexity index is 560. The number of halogens is 1. The number of carbonyl (C=O) groups excluding carboxylic acids is 2. The van der Waals surface area contributed by atoms with Gasteiger partial charge in [-0.15, -0.1) is 0 Å². The first-order valence-electron chi connectivity index (χ1n) is 7.07. The predicted molar refractivity (Wildman–Crippen MR) is 85.8 cm³/mol. The lowest BCUT2D eigenvalue weighted by Gasteiger charge is -2.19. The van der Waals surface area contributed by atoms with Crippen LogP contribution in [0.4, 0.5) is 16.2 Å². The molecule has 1 aromatic carbocycles. The Balaban J connectivity index is 2.19. The van der Waals surface area contributed by atoms with Gasteiger partial charge in [0.05, 0.1) is 18.0 Å². The summed E-state index contributed by atoms with van der Waals surface area (Å²) in [5, 5.41) is 2.74. The molecule has 2 rings (SSSR count). The van der Waals surface area contributed by atoms with Crippen LogP contribution in [0.25, 0.3) is 0 Å². The lowest BCUT2D eigenvalue weighted by atomic mass is 10.1. The third kappa shape index (κ3) is 3.75. The molecule has 1 aliphatic rings. The number of nitrogens with one attached hydrogen (secondary N) is 1. The number of unbranched alkanes of at least 4 members (excludes halogenated alkanes) is 1. The normalized spacial score (nSPS) is 13.0. The van der Waals surface area contributed by atoms with E-state index in [4.69, 9.17) is 4.74 Å². The molecule has 0 saturated heterocycles. The summed E-state index contributed by atoms with van der Waals surface area (Å²) in [6.07, 6.45) is 2.11. The van der Waals surface area contributed by atoms with E-state index in [1.165, 1.54) is 6.92 Å². The Kier molecular flexibility index (Phi) is 5.22. The van der Waals surface area contributed by atoms with Gasteiger partial charge in [0.15, 0.2) is 0 Å². The van der Waals surface area contributed by atoms with Gasteiger partial charge < -0.3 is 9.64 Å². The van der Waals surface area contributed by atoms with Gasteiger partial charge in [0.25, 0.3) is 0 Å². The Morgan fingerprint density at radius 2 is 2.19 bits per heavy atom. The minimum atomic E-state index is -0.487. The Hall–Kier alpha value is -1.56. The van der Waals surface area contributed by atoms with Crippen LogP contribution in [-0.4, -0.2) is 25.2 Å². The monoisotopic (exact) mass is 354 g/mol. The SMILES string of the molecule is CCCCOC(=O)Nc1cc(Br)cc2c1N(C(C)=O)CC2. The van der Waals surface area contributed by atoms with Gasteiger partial charge in [-0.05, 0) is 30.5 Å². The highest BCUT2D eigenvalue weighted by Crippen LogP contribution is 2.38. The zero-order chi connectivity index (χ0) is 15.4. The largest absolute Gasteiger partial charge is 0.449 e. The van der Waals surface area contributed by atoms with E-state index >= 15 is 0 Å². The summed E-state index contributed by atoms with van der Waals surface area (Å²) in [6, 6.07) is 3.77. The second-order valence-corrected chi connectivity index (χ2v) is 5.91. The van der Waals surface area contributed by atoms with Gasteiger partial charge >= 0.3 is 6.09 Å². The van der Waals surface area contributed by atoms with Crippen LogP contribution in [0.3, 0.4) is 0 Å². The average molecular weight is 355 g/mol. The van der Waals surface area contributed by atoms with E-state index in [0.29, 0.717) is 18.8 Å². The second kappa shape index (κ2) is 6.93. The highest BCUT2D eigenvalue weighted by Gasteiger charge is 2.26. The lowest BCUT2D eigenvalue weighted by molar-refractivity contribution is -0.116. The molecule has 114 valence electrons. The fourth-order valence-corrected chi connectivity index (χ4v) is 2.88. The number of carbonyl (C=O) groups is 2. The van der Waals surface area contributed by atoms with E-state index in [2.05, 4.69) is 21.2 Å². The van der Waals surface area contributed by atoms with Crippen LogP contribution in [0.2, 0.25) is 0 Å². The van der Waals surface area contributed by atoms with Crippen molar-refractivity contribution in [1.82, 2.24) is 0 Å². The second-order valence-electron chi connectivity index (χ2n) is 5.00. The van der Waals surface area contributed by atoms with Gasteiger partial charge in [0.1, 0.15) is 0 Å². The van der Waals surface area contributed by atoms with Crippen LogP contribution in [0.1, 0.15) is 32.3 Å². The number of benzene rings is 1. The molecule has 0 atom stereocenters. The molecular weight excluding hydrogens is 336 g/mol. The summed E-state index contributed by atoms with van der Waals surface area (Å²) >= 11 is 3.43. The first-order chi connectivity index (χ1) is 10.0. The molecule has 5 nitrogen and oxygen atoms in total. The topological polar surface area (TPSA) is 58.6 Å². The van der Waals surface area contributed by atoms with Crippen LogP contribution in [0.5, 0.6) is 0 Å². The summed E-state index contributed by atoms with van der Waals surface area (Å²) in [6.45, 7) is 4.60. The molecular formula is C15H19BrN2O3. The molecule has 6 heteroatoms. The number of hydrogen-bond acceptors (Lipinski definition) is 3. The molecule has 0 saturated carbocycles. The van der Waals surface area contributed by atoms with Crippen LogP contribution >= 0.6 is 15.9 Å². The van der Waals surface area contributed by atoms with Crippen molar-refractivity contribution in [3.63, 3.8) is 0 Å². The van der Waals surface area contributed by atoms with Crippen molar-refractivity contribution in [2.24, 2.45) is 0 Å². The molecule has 2 amide bonds. The van der Waals surface area contributed by atoms with E-state index in [1.807, 2.05) is 13.0 Å². The van der Waals surface area contributed by atoms with Crippen molar-refractivity contribution in [2.45, 2.75) is 33.1 Å². The summed E-state index contributed by atoms with van der Waals surface area (Å²) in [5.41, 5.74) is 2.43. The molecule has 0 unspecified atom stereocenters. The van der Waals surface area contributed by atoms with E-state index in [-0.39, 0.29) is 5.91 Å². The predicted octanol–water partition coefficient (Wildman–Crippen LogP) is 3.71. The van der Waals surface area contributed by atoms with Gasteiger partial charge in [-0.3, -0.25) is 10.1 Å². The highest BCUT2D eigenvalue weighted by atomic mass is 79.9.